The van der Waals surface area contributed by atoms with Crippen molar-refractivity contribution in [1.29, 1.82) is 0 Å². The van der Waals surface area contributed by atoms with Gasteiger partial charge < -0.3 is 10.2 Å². The predicted octanol–water partition coefficient (Wildman–Crippen LogP) is 1.28. The zero-order chi connectivity index (χ0) is 11.7. The molecular formula is C10H15N3O3. The quantitative estimate of drug-likeness (QED) is 0.605. The molecule has 0 spiro atoms. The van der Waals surface area contributed by atoms with Crippen molar-refractivity contribution in [1.82, 2.24) is 4.90 Å². The van der Waals surface area contributed by atoms with Gasteiger partial charge in [-0.1, -0.05) is 0 Å². The van der Waals surface area contributed by atoms with Gasteiger partial charge in [-0.05, 0) is 32.5 Å². The van der Waals surface area contributed by atoms with Crippen LogP contribution in [0, 0.1) is 10.1 Å². The number of likely N-dealkylation sites (N-methyl/N-ethyl adjacent to an activating group) is 1. The lowest BCUT2D eigenvalue weighted by atomic mass is 9.96. The summed E-state index contributed by atoms with van der Waals surface area (Å²) < 4.78 is 5.20. The molecule has 16 heavy (non-hydrogen) atoms. The van der Waals surface area contributed by atoms with Gasteiger partial charge in [-0.25, -0.2) is 0 Å². The molecule has 6 heteroatoms. The van der Waals surface area contributed by atoms with Crippen LogP contribution in [0.15, 0.2) is 16.5 Å². The molecule has 2 unspecified atom stereocenters. The highest BCUT2D eigenvalue weighted by atomic mass is 16.6. The lowest BCUT2D eigenvalue weighted by Crippen LogP contribution is -2.43. The molecule has 0 bridgehead atoms. The maximum Gasteiger partial charge on any atom is 0.433 e. The molecule has 1 aliphatic heterocycles. The van der Waals surface area contributed by atoms with Crippen molar-refractivity contribution < 1.29 is 9.34 Å². The molecule has 2 rings (SSSR count). The Kier molecular flexibility index (Phi) is 2.93. The molecule has 0 radical (unpaired) electrons. The van der Waals surface area contributed by atoms with E-state index in [1.165, 1.54) is 6.07 Å². The molecule has 0 amide bonds. The maximum atomic E-state index is 10.5. The second-order valence-electron chi connectivity index (χ2n) is 4.16. The van der Waals surface area contributed by atoms with Crippen molar-refractivity contribution in [3.05, 3.63) is 28.0 Å². The Hall–Kier alpha value is -1.40. The number of nitrogens with two attached hydrogens (primary N) is 1. The Balaban J connectivity index is 2.23. The molecule has 2 N–H and O–H groups in total. The average Bonchev–Trinajstić information content (AvgIpc) is 2.66. The smallest absolute Gasteiger partial charge is 0.404 e. The van der Waals surface area contributed by atoms with E-state index in [9.17, 15) is 10.1 Å². The number of nitrogens with zero attached hydrogens (tertiary/aromatic N) is 2. The van der Waals surface area contributed by atoms with E-state index >= 15 is 0 Å². The van der Waals surface area contributed by atoms with E-state index in [0.717, 1.165) is 19.4 Å². The third kappa shape index (κ3) is 1.94. The average molecular weight is 225 g/mol. The van der Waals surface area contributed by atoms with Gasteiger partial charge in [-0.2, -0.15) is 0 Å². The molecule has 1 aliphatic rings. The molecule has 1 aromatic heterocycles. The first kappa shape index (κ1) is 11.1. The number of rotatable bonds is 2. The fourth-order valence-corrected chi connectivity index (χ4v) is 2.23. The van der Waals surface area contributed by atoms with E-state index in [0.29, 0.717) is 5.76 Å². The summed E-state index contributed by atoms with van der Waals surface area (Å²) in [6.45, 7) is 0.937. The molecule has 2 atom stereocenters. The van der Waals surface area contributed by atoms with Crippen LogP contribution in [-0.2, 0) is 0 Å². The van der Waals surface area contributed by atoms with E-state index in [4.69, 9.17) is 10.2 Å². The zero-order valence-electron chi connectivity index (χ0n) is 9.13. The Morgan fingerprint density at radius 3 is 2.94 bits per heavy atom. The van der Waals surface area contributed by atoms with Crippen LogP contribution in [0.5, 0.6) is 0 Å². The van der Waals surface area contributed by atoms with Crippen molar-refractivity contribution in [3.63, 3.8) is 0 Å². The Labute approximate surface area is 93.2 Å². The molecular weight excluding hydrogens is 210 g/mol. The number of nitro groups is 1. The van der Waals surface area contributed by atoms with Crippen molar-refractivity contribution >= 4 is 5.88 Å². The molecule has 1 saturated heterocycles. The summed E-state index contributed by atoms with van der Waals surface area (Å²) >= 11 is 0. The first-order chi connectivity index (χ1) is 7.59. The summed E-state index contributed by atoms with van der Waals surface area (Å²) in [5.41, 5.74) is 6.02. The van der Waals surface area contributed by atoms with Gasteiger partial charge in [-0.15, -0.1) is 0 Å². The van der Waals surface area contributed by atoms with Gasteiger partial charge in [-0.3, -0.25) is 15.0 Å². The standard InChI is InChI=1S/C10H15N3O3/c1-12-6-2-3-7(11)10(12)8-4-5-9(16-8)13(14)15/h4-5,7,10H,2-3,6,11H2,1H3. The second-order valence-corrected chi connectivity index (χ2v) is 4.16. The minimum absolute atomic E-state index is 0.0236. The van der Waals surface area contributed by atoms with Gasteiger partial charge in [0, 0.05) is 6.04 Å². The Bertz CT molecular complexity index is 380. The summed E-state index contributed by atoms with van der Waals surface area (Å²) in [5.74, 6) is 0.363. The van der Waals surface area contributed by atoms with Crippen molar-refractivity contribution in [2.45, 2.75) is 24.9 Å². The van der Waals surface area contributed by atoms with E-state index in [1.54, 1.807) is 6.07 Å². The highest BCUT2D eigenvalue weighted by Crippen LogP contribution is 2.31. The van der Waals surface area contributed by atoms with Gasteiger partial charge >= 0.3 is 5.88 Å². The van der Waals surface area contributed by atoms with Crippen LogP contribution in [0.3, 0.4) is 0 Å². The van der Waals surface area contributed by atoms with Gasteiger partial charge in [0.2, 0.25) is 0 Å². The second kappa shape index (κ2) is 4.23. The molecule has 0 aliphatic carbocycles. The number of furan rings is 1. The molecule has 1 fully saturated rings. The molecule has 0 aromatic carbocycles. The van der Waals surface area contributed by atoms with Crippen molar-refractivity contribution in [2.75, 3.05) is 13.6 Å². The van der Waals surface area contributed by atoms with Crippen LogP contribution < -0.4 is 5.73 Å². The summed E-state index contributed by atoms with van der Waals surface area (Å²) in [7, 11) is 1.96. The minimum atomic E-state index is -0.530. The molecule has 6 nitrogen and oxygen atoms in total. The largest absolute Gasteiger partial charge is 0.433 e. The first-order valence-electron chi connectivity index (χ1n) is 5.29. The summed E-state index contributed by atoms with van der Waals surface area (Å²) in [6.07, 6.45) is 1.97. The fraction of sp³-hybridized carbons (Fsp3) is 0.600. The number of piperidine rings is 1. The maximum absolute atomic E-state index is 10.5. The Morgan fingerprint density at radius 1 is 1.62 bits per heavy atom. The van der Waals surface area contributed by atoms with Gasteiger partial charge in [0.25, 0.3) is 0 Å². The lowest BCUT2D eigenvalue weighted by molar-refractivity contribution is -0.402. The van der Waals surface area contributed by atoms with E-state index in [1.807, 2.05) is 7.05 Å². The minimum Gasteiger partial charge on any atom is -0.404 e. The number of hydrogen-bond donors (Lipinski definition) is 1. The van der Waals surface area contributed by atoms with Crippen molar-refractivity contribution in [2.24, 2.45) is 5.73 Å². The summed E-state index contributed by atoms with van der Waals surface area (Å²) in [5, 5.41) is 10.5. The zero-order valence-corrected chi connectivity index (χ0v) is 9.13. The Morgan fingerprint density at radius 2 is 2.38 bits per heavy atom. The third-order valence-electron chi connectivity index (χ3n) is 3.01. The van der Waals surface area contributed by atoms with Gasteiger partial charge in [0.05, 0.1) is 12.1 Å². The highest BCUT2D eigenvalue weighted by molar-refractivity contribution is 5.21. The van der Waals surface area contributed by atoms with Crippen LogP contribution in [0.2, 0.25) is 0 Å². The SMILES string of the molecule is CN1CCCC(N)C1c1ccc([N+](=O)[O-])o1. The highest BCUT2D eigenvalue weighted by Gasteiger charge is 2.31. The van der Waals surface area contributed by atoms with Gasteiger partial charge in [0.15, 0.2) is 0 Å². The van der Waals surface area contributed by atoms with Crippen LogP contribution in [0.1, 0.15) is 24.6 Å². The fourth-order valence-electron chi connectivity index (χ4n) is 2.23. The monoisotopic (exact) mass is 225 g/mol. The van der Waals surface area contributed by atoms with Gasteiger partial charge in [0.1, 0.15) is 10.7 Å². The van der Waals surface area contributed by atoms with Crippen molar-refractivity contribution in [3.8, 4) is 0 Å². The molecule has 88 valence electrons. The van der Waals surface area contributed by atoms with E-state index in [2.05, 4.69) is 4.90 Å². The van der Waals surface area contributed by atoms with Crippen LogP contribution in [0.25, 0.3) is 0 Å². The normalized spacial score (nSPS) is 26.9. The lowest BCUT2D eigenvalue weighted by Gasteiger charge is -2.35. The number of likely N-dealkylation sites (tertiary alicyclic amines) is 1. The topological polar surface area (TPSA) is 85.5 Å². The molecule has 2 heterocycles. The third-order valence-corrected chi connectivity index (χ3v) is 3.01. The van der Waals surface area contributed by atoms with Crippen LogP contribution >= 0.6 is 0 Å². The summed E-state index contributed by atoms with van der Waals surface area (Å²) in [6, 6.07) is 2.95. The first-order valence-corrected chi connectivity index (χ1v) is 5.29. The van der Waals surface area contributed by atoms with Crippen LogP contribution in [-0.4, -0.2) is 29.5 Å². The van der Waals surface area contributed by atoms with Crippen LogP contribution in [0.4, 0.5) is 5.88 Å². The molecule has 0 saturated carbocycles. The predicted molar refractivity (Wildman–Crippen MR) is 57.9 cm³/mol. The number of hydrogen-bond acceptors (Lipinski definition) is 5. The summed E-state index contributed by atoms with van der Waals surface area (Å²) in [4.78, 5) is 12.1. The van der Waals surface area contributed by atoms with E-state index in [-0.39, 0.29) is 18.0 Å². The van der Waals surface area contributed by atoms with E-state index < -0.39 is 4.92 Å². The molecule has 1 aromatic rings.